The van der Waals surface area contributed by atoms with Crippen LogP contribution in [0, 0.1) is 0 Å². The molecular formula is C17H26N4O4S. The Labute approximate surface area is 153 Å². The Balaban J connectivity index is 1.87. The molecule has 1 atom stereocenters. The highest BCUT2D eigenvalue weighted by Crippen LogP contribution is 2.23. The molecule has 0 aliphatic carbocycles. The van der Waals surface area contributed by atoms with Crippen LogP contribution in [0.4, 0.5) is 0 Å². The van der Waals surface area contributed by atoms with Crippen LogP contribution in [-0.4, -0.2) is 65.3 Å². The molecule has 1 aromatic rings. The average Bonchev–Trinajstić information content (AvgIpc) is 3.16. The van der Waals surface area contributed by atoms with E-state index >= 15 is 0 Å². The van der Waals surface area contributed by atoms with Gasteiger partial charge in [-0.15, -0.1) is 0 Å². The molecule has 2 aliphatic heterocycles. The topological polar surface area (TPSA) is 101 Å². The Morgan fingerprint density at radius 3 is 2.62 bits per heavy atom. The van der Waals surface area contributed by atoms with Crippen molar-refractivity contribution in [3.05, 3.63) is 17.2 Å². The van der Waals surface area contributed by atoms with E-state index in [0.29, 0.717) is 38.3 Å². The molecule has 26 heavy (non-hydrogen) atoms. The molecule has 2 amide bonds. The summed E-state index contributed by atoms with van der Waals surface area (Å²) in [5, 5.41) is 2.79. The number of nitrogens with zero attached hydrogens (tertiary/aromatic N) is 3. The maximum absolute atomic E-state index is 12.8. The second-order valence-electron chi connectivity index (χ2n) is 6.89. The van der Waals surface area contributed by atoms with Gasteiger partial charge in [-0.2, -0.15) is 0 Å². The van der Waals surface area contributed by atoms with Crippen molar-refractivity contribution >= 4 is 21.7 Å². The zero-order chi connectivity index (χ0) is 18.9. The Bertz CT molecular complexity index is 811. The molecule has 1 aromatic heterocycles. The largest absolute Gasteiger partial charge is 0.347 e. The summed E-state index contributed by atoms with van der Waals surface area (Å²) in [7, 11) is -3.07. The number of amides is 2. The predicted molar refractivity (Wildman–Crippen MR) is 96.9 cm³/mol. The molecule has 1 saturated heterocycles. The van der Waals surface area contributed by atoms with Crippen LogP contribution in [0.2, 0.25) is 0 Å². The van der Waals surface area contributed by atoms with Crippen molar-refractivity contribution in [3.63, 3.8) is 0 Å². The molecule has 0 radical (unpaired) electrons. The minimum Gasteiger partial charge on any atom is -0.347 e. The van der Waals surface area contributed by atoms with Crippen molar-refractivity contribution < 1.29 is 18.0 Å². The van der Waals surface area contributed by atoms with Gasteiger partial charge in [0.25, 0.3) is 11.8 Å². The van der Waals surface area contributed by atoms with Crippen LogP contribution in [0.3, 0.4) is 0 Å². The van der Waals surface area contributed by atoms with Crippen molar-refractivity contribution in [2.75, 3.05) is 24.6 Å². The zero-order valence-electron chi connectivity index (χ0n) is 15.3. The van der Waals surface area contributed by atoms with Crippen LogP contribution in [-0.2, 0) is 22.8 Å². The van der Waals surface area contributed by atoms with Gasteiger partial charge >= 0.3 is 0 Å². The Hall–Kier alpha value is -1.90. The number of nitrogens with one attached hydrogen (secondary N) is 1. The number of rotatable bonds is 5. The molecule has 0 spiro atoms. The molecule has 3 heterocycles. The summed E-state index contributed by atoms with van der Waals surface area (Å²) in [4.78, 5) is 31.6. The molecule has 1 fully saturated rings. The predicted octanol–water partition coefficient (Wildman–Crippen LogP) is 0.618. The van der Waals surface area contributed by atoms with E-state index in [9.17, 15) is 18.0 Å². The van der Waals surface area contributed by atoms with Gasteiger partial charge in [0.2, 0.25) is 0 Å². The minimum absolute atomic E-state index is 0.0278. The Kier molecular flexibility index (Phi) is 5.36. The fourth-order valence-electron chi connectivity index (χ4n) is 3.70. The van der Waals surface area contributed by atoms with Crippen LogP contribution < -0.4 is 5.32 Å². The van der Waals surface area contributed by atoms with Crippen LogP contribution in [0.15, 0.2) is 0 Å². The second kappa shape index (κ2) is 7.38. The lowest BCUT2D eigenvalue weighted by molar-refractivity contribution is 0.0754. The maximum atomic E-state index is 12.8. The number of hydrogen-bond acceptors (Lipinski definition) is 5. The van der Waals surface area contributed by atoms with Gasteiger partial charge in [0.05, 0.1) is 17.2 Å². The first-order valence-corrected chi connectivity index (χ1v) is 11.1. The summed E-state index contributed by atoms with van der Waals surface area (Å²) >= 11 is 0. The van der Waals surface area contributed by atoms with Crippen LogP contribution >= 0.6 is 0 Å². The molecule has 2 aliphatic rings. The summed E-state index contributed by atoms with van der Waals surface area (Å²) in [6.07, 6.45) is 3.02. The summed E-state index contributed by atoms with van der Waals surface area (Å²) in [5.74, 6) is -0.158. The lowest BCUT2D eigenvalue weighted by Gasteiger charge is -2.21. The third-order valence-electron chi connectivity index (χ3n) is 5.14. The smallest absolute Gasteiger partial charge is 0.289 e. The van der Waals surface area contributed by atoms with E-state index in [1.54, 1.807) is 4.90 Å². The molecular weight excluding hydrogens is 356 g/mol. The highest BCUT2D eigenvalue weighted by atomic mass is 32.2. The van der Waals surface area contributed by atoms with Crippen LogP contribution in [0.5, 0.6) is 0 Å². The molecule has 1 N–H and O–H groups in total. The van der Waals surface area contributed by atoms with Crippen molar-refractivity contribution in [3.8, 4) is 0 Å². The van der Waals surface area contributed by atoms with Gasteiger partial charge in [-0.3, -0.25) is 9.59 Å². The normalized spacial score (nSPS) is 21.2. The minimum atomic E-state index is -3.07. The number of carbonyl (C=O) groups excluding carboxylic acids is 2. The Morgan fingerprint density at radius 2 is 2.00 bits per heavy atom. The lowest BCUT2D eigenvalue weighted by atomic mass is 10.1. The van der Waals surface area contributed by atoms with Crippen molar-refractivity contribution in [1.82, 2.24) is 19.8 Å². The first-order valence-electron chi connectivity index (χ1n) is 9.26. The van der Waals surface area contributed by atoms with E-state index in [2.05, 4.69) is 10.3 Å². The highest BCUT2D eigenvalue weighted by molar-refractivity contribution is 7.91. The molecule has 9 heteroatoms. The van der Waals surface area contributed by atoms with E-state index in [-0.39, 0.29) is 35.1 Å². The lowest BCUT2D eigenvalue weighted by Crippen LogP contribution is -2.36. The third kappa shape index (κ3) is 3.62. The molecule has 0 bridgehead atoms. The zero-order valence-corrected chi connectivity index (χ0v) is 16.1. The van der Waals surface area contributed by atoms with Crippen LogP contribution in [0.25, 0.3) is 0 Å². The van der Waals surface area contributed by atoms with Gasteiger partial charge in [0.1, 0.15) is 5.69 Å². The maximum Gasteiger partial charge on any atom is 0.289 e. The van der Waals surface area contributed by atoms with E-state index in [4.69, 9.17) is 0 Å². The van der Waals surface area contributed by atoms with Gasteiger partial charge in [-0.05, 0) is 39.5 Å². The highest BCUT2D eigenvalue weighted by Gasteiger charge is 2.33. The summed E-state index contributed by atoms with van der Waals surface area (Å²) < 4.78 is 25.1. The number of fused-ring (bicyclic) bond motifs is 1. The molecule has 0 aromatic carbocycles. The van der Waals surface area contributed by atoms with Gasteiger partial charge in [0, 0.05) is 25.7 Å². The van der Waals surface area contributed by atoms with E-state index in [1.807, 2.05) is 18.4 Å². The average molecular weight is 382 g/mol. The monoisotopic (exact) mass is 382 g/mol. The number of hydrogen-bond donors (Lipinski definition) is 1. The number of carbonyl (C=O) groups is 2. The fourth-order valence-corrected chi connectivity index (χ4v) is 5.38. The van der Waals surface area contributed by atoms with Crippen LogP contribution in [0.1, 0.15) is 59.9 Å². The van der Waals surface area contributed by atoms with Gasteiger partial charge in [-0.25, -0.2) is 13.4 Å². The van der Waals surface area contributed by atoms with Crippen molar-refractivity contribution in [2.45, 2.75) is 52.1 Å². The number of imidazole rings is 1. The van der Waals surface area contributed by atoms with E-state index < -0.39 is 9.84 Å². The third-order valence-corrected chi connectivity index (χ3v) is 6.91. The first-order chi connectivity index (χ1) is 12.4. The second-order valence-corrected chi connectivity index (χ2v) is 9.12. The summed E-state index contributed by atoms with van der Waals surface area (Å²) in [5.41, 5.74) is 1.05. The summed E-state index contributed by atoms with van der Waals surface area (Å²) in [6.45, 7) is 5.67. The molecule has 144 valence electrons. The van der Waals surface area contributed by atoms with E-state index in [1.165, 1.54) is 0 Å². The van der Waals surface area contributed by atoms with Crippen molar-refractivity contribution in [2.24, 2.45) is 0 Å². The SMILES string of the molecule is CCN(CC)C(=O)c1nc(C(=O)NC2CCS(=O)(=O)C2)c2n1CCCC2. The van der Waals surface area contributed by atoms with E-state index in [0.717, 1.165) is 18.5 Å². The fraction of sp³-hybridized carbons (Fsp3) is 0.706. The molecule has 8 nitrogen and oxygen atoms in total. The first kappa shape index (κ1) is 18.9. The summed E-state index contributed by atoms with van der Waals surface area (Å²) in [6, 6.07) is -0.379. The van der Waals surface area contributed by atoms with Gasteiger partial charge in [-0.1, -0.05) is 0 Å². The van der Waals surface area contributed by atoms with Gasteiger partial charge < -0.3 is 14.8 Å². The Morgan fingerprint density at radius 1 is 1.27 bits per heavy atom. The standard InChI is InChI=1S/C17H26N4O4S/c1-3-20(4-2)17(23)15-19-14(13-7-5-6-9-21(13)15)16(22)18-12-8-10-26(24,25)11-12/h12H,3-11H2,1-2H3,(H,18,22). The molecule has 1 unspecified atom stereocenters. The molecule has 3 rings (SSSR count). The number of aromatic nitrogens is 2. The number of sulfone groups is 1. The molecule has 0 saturated carbocycles. The van der Waals surface area contributed by atoms with Gasteiger partial charge in [0.15, 0.2) is 15.7 Å². The van der Waals surface area contributed by atoms with Crippen molar-refractivity contribution in [1.29, 1.82) is 0 Å². The quantitative estimate of drug-likeness (QED) is 0.804.